The van der Waals surface area contributed by atoms with Crippen molar-refractivity contribution < 1.29 is 22.7 Å². The second kappa shape index (κ2) is 5.53. The van der Waals surface area contributed by atoms with Crippen LogP contribution >= 0.6 is 0 Å². The summed E-state index contributed by atoms with van der Waals surface area (Å²) in [5.74, 6) is -1.47. The lowest BCUT2D eigenvalue weighted by molar-refractivity contribution is -0.159. The van der Waals surface area contributed by atoms with Crippen LogP contribution in [0.1, 0.15) is 32.4 Å². The number of hydrogen-bond acceptors (Lipinski definition) is 4. The van der Waals surface area contributed by atoms with Crippen molar-refractivity contribution in [1.82, 2.24) is 19.7 Å². The number of hydrogen-bond donors (Lipinski definition) is 0. The molecule has 0 radical (unpaired) electrons. The van der Waals surface area contributed by atoms with Crippen LogP contribution in [0.25, 0.3) is 0 Å². The van der Waals surface area contributed by atoms with Gasteiger partial charge in [0.25, 0.3) is 5.82 Å². The monoisotopic (exact) mass is 320 g/mol. The summed E-state index contributed by atoms with van der Waals surface area (Å²) in [5.41, 5.74) is -0.484. The normalized spacial score (nSPS) is 22.0. The first kappa shape index (κ1) is 16.7. The minimum atomic E-state index is -4.62. The standard InChI is InChI=1S/C13H19F3N4O2/c1-8-5-19(7-12(3,4)22-8)10(21)6-20-9(2)17-11(18-20)13(14,15)16/h8H,5-7H2,1-4H3. The maximum Gasteiger partial charge on any atom is 0.453 e. The molecule has 1 fully saturated rings. The second-order valence-electron chi connectivity index (χ2n) is 6.10. The van der Waals surface area contributed by atoms with Gasteiger partial charge in [-0.1, -0.05) is 0 Å². The van der Waals surface area contributed by atoms with Crippen molar-refractivity contribution in [3.05, 3.63) is 11.6 Å². The van der Waals surface area contributed by atoms with Gasteiger partial charge in [-0.3, -0.25) is 4.79 Å². The molecule has 0 aromatic carbocycles. The van der Waals surface area contributed by atoms with E-state index in [-0.39, 0.29) is 24.4 Å². The van der Waals surface area contributed by atoms with Gasteiger partial charge in [0.2, 0.25) is 5.91 Å². The Bertz CT molecular complexity index is 568. The number of morpholine rings is 1. The van der Waals surface area contributed by atoms with Gasteiger partial charge >= 0.3 is 6.18 Å². The minimum Gasteiger partial charge on any atom is -0.369 e. The predicted octanol–water partition coefficient (Wildman–Crippen LogP) is 1.63. The van der Waals surface area contributed by atoms with Crippen LogP contribution in [0, 0.1) is 6.92 Å². The van der Waals surface area contributed by atoms with Crippen molar-refractivity contribution in [2.75, 3.05) is 13.1 Å². The topological polar surface area (TPSA) is 60.2 Å². The largest absolute Gasteiger partial charge is 0.453 e. The molecule has 1 aliphatic heterocycles. The summed E-state index contributed by atoms with van der Waals surface area (Å²) >= 11 is 0. The summed E-state index contributed by atoms with van der Waals surface area (Å²) in [5, 5.41) is 3.37. The molecule has 9 heteroatoms. The number of ether oxygens (including phenoxy) is 1. The van der Waals surface area contributed by atoms with Crippen molar-refractivity contribution in [2.24, 2.45) is 0 Å². The summed E-state index contributed by atoms with van der Waals surface area (Å²) in [4.78, 5) is 17.3. The first-order valence-corrected chi connectivity index (χ1v) is 6.92. The van der Waals surface area contributed by atoms with Gasteiger partial charge < -0.3 is 9.64 Å². The third-order valence-corrected chi connectivity index (χ3v) is 3.32. The zero-order valence-corrected chi connectivity index (χ0v) is 12.9. The van der Waals surface area contributed by atoms with Crippen LogP contribution < -0.4 is 0 Å². The molecule has 0 N–H and O–H groups in total. The molecule has 0 spiro atoms. The molecule has 0 saturated carbocycles. The van der Waals surface area contributed by atoms with Gasteiger partial charge in [0.1, 0.15) is 12.4 Å². The average Bonchev–Trinajstić information content (AvgIpc) is 2.68. The third kappa shape index (κ3) is 3.76. The van der Waals surface area contributed by atoms with Crippen LogP contribution in [-0.2, 0) is 22.3 Å². The molecule has 124 valence electrons. The lowest BCUT2D eigenvalue weighted by Gasteiger charge is -2.41. The fourth-order valence-electron chi connectivity index (χ4n) is 2.56. The molecule has 1 aliphatic rings. The van der Waals surface area contributed by atoms with Crippen molar-refractivity contribution >= 4 is 5.91 Å². The van der Waals surface area contributed by atoms with Gasteiger partial charge in [-0.25, -0.2) is 9.67 Å². The number of aryl methyl sites for hydroxylation is 1. The zero-order chi connectivity index (χ0) is 16.7. The van der Waals surface area contributed by atoms with Crippen molar-refractivity contribution in [2.45, 2.75) is 52.1 Å². The Kier molecular flexibility index (Phi) is 4.20. The van der Waals surface area contributed by atoms with Crippen LogP contribution in [0.3, 0.4) is 0 Å². The van der Waals surface area contributed by atoms with Crippen LogP contribution in [-0.4, -0.2) is 50.4 Å². The van der Waals surface area contributed by atoms with Gasteiger partial charge in [0.05, 0.1) is 11.7 Å². The van der Waals surface area contributed by atoms with Gasteiger partial charge in [-0.05, 0) is 27.7 Å². The Labute approximate surface area is 126 Å². The molecule has 1 amide bonds. The summed E-state index contributed by atoms with van der Waals surface area (Å²) in [7, 11) is 0. The fourth-order valence-corrected chi connectivity index (χ4v) is 2.56. The Morgan fingerprint density at radius 2 is 2.09 bits per heavy atom. The highest BCUT2D eigenvalue weighted by Gasteiger charge is 2.37. The molecule has 1 saturated heterocycles. The molecule has 0 bridgehead atoms. The fraction of sp³-hybridized carbons (Fsp3) is 0.769. The summed E-state index contributed by atoms with van der Waals surface area (Å²) in [6.45, 7) is 7.50. The van der Waals surface area contributed by atoms with E-state index in [9.17, 15) is 18.0 Å². The van der Waals surface area contributed by atoms with E-state index in [1.165, 1.54) is 6.92 Å². The number of rotatable bonds is 2. The highest BCUT2D eigenvalue weighted by atomic mass is 19.4. The molecule has 2 heterocycles. The van der Waals surface area contributed by atoms with E-state index < -0.39 is 17.6 Å². The molecule has 1 atom stereocenters. The number of amides is 1. The van der Waals surface area contributed by atoms with Crippen LogP contribution in [0.4, 0.5) is 13.2 Å². The number of alkyl halides is 3. The molecule has 1 aromatic rings. The van der Waals surface area contributed by atoms with E-state index in [0.717, 1.165) is 4.68 Å². The number of carbonyl (C=O) groups is 1. The highest BCUT2D eigenvalue weighted by Crippen LogP contribution is 2.26. The van der Waals surface area contributed by atoms with Gasteiger partial charge in [-0.2, -0.15) is 13.2 Å². The number of carbonyl (C=O) groups excluding carboxylic acids is 1. The molecule has 1 unspecified atom stereocenters. The quantitative estimate of drug-likeness (QED) is 0.831. The Morgan fingerprint density at radius 1 is 1.45 bits per heavy atom. The Morgan fingerprint density at radius 3 is 2.59 bits per heavy atom. The molecule has 2 rings (SSSR count). The minimum absolute atomic E-state index is 0.0567. The smallest absolute Gasteiger partial charge is 0.369 e. The molecule has 0 aliphatic carbocycles. The number of aromatic nitrogens is 3. The van der Waals surface area contributed by atoms with Gasteiger partial charge in [-0.15, -0.1) is 5.10 Å². The van der Waals surface area contributed by atoms with Gasteiger partial charge in [0, 0.05) is 13.1 Å². The second-order valence-corrected chi connectivity index (χ2v) is 6.10. The van der Waals surface area contributed by atoms with E-state index in [1.54, 1.807) is 4.90 Å². The summed E-state index contributed by atoms with van der Waals surface area (Å²) in [6, 6.07) is 0. The van der Waals surface area contributed by atoms with Gasteiger partial charge in [0.15, 0.2) is 0 Å². The highest BCUT2D eigenvalue weighted by molar-refractivity contribution is 5.76. The SMILES string of the molecule is Cc1nc(C(F)(F)F)nn1CC(=O)N1CC(C)OC(C)(C)C1. The maximum atomic E-state index is 12.6. The van der Waals surface area contributed by atoms with E-state index in [1.807, 2.05) is 20.8 Å². The number of nitrogens with zero attached hydrogens (tertiary/aromatic N) is 4. The maximum absolute atomic E-state index is 12.6. The summed E-state index contributed by atoms with van der Waals surface area (Å²) < 4.78 is 44.4. The van der Waals surface area contributed by atoms with Crippen LogP contribution in [0.15, 0.2) is 0 Å². The number of halogens is 3. The molecular formula is C13H19F3N4O2. The van der Waals surface area contributed by atoms with E-state index in [2.05, 4.69) is 10.1 Å². The van der Waals surface area contributed by atoms with E-state index in [0.29, 0.717) is 13.1 Å². The van der Waals surface area contributed by atoms with Crippen molar-refractivity contribution in [1.29, 1.82) is 0 Å². The molecule has 22 heavy (non-hydrogen) atoms. The van der Waals surface area contributed by atoms with Crippen LogP contribution in [0.5, 0.6) is 0 Å². The molecule has 1 aromatic heterocycles. The van der Waals surface area contributed by atoms with Crippen LogP contribution in [0.2, 0.25) is 0 Å². The Balaban J connectivity index is 2.11. The van der Waals surface area contributed by atoms with E-state index in [4.69, 9.17) is 4.74 Å². The molecular weight excluding hydrogens is 301 g/mol. The lowest BCUT2D eigenvalue weighted by Crippen LogP contribution is -2.54. The zero-order valence-electron chi connectivity index (χ0n) is 12.9. The lowest BCUT2D eigenvalue weighted by atomic mass is 10.1. The molecule has 6 nitrogen and oxygen atoms in total. The first-order chi connectivity index (χ1) is 9.98. The van der Waals surface area contributed by atoms with Crippen molar-refractivity contribution in [3.63, 3.8) is 0 Å². The third-order valence-electron chi connectivity index (χ3n) is 3.32. The predicted molar refractivity (Wildman–Crippen MR) is 71.0 cm³/mol. The average molecular weight is 320 g/mol. The summed E-state index contributed by atoms with van der Waals surface area (Å²) in [6.07, 6.45) is -4.75. The first-order valence-electron chi connectivity index (χ1n) is 6.92. The Hall–Kier alpha value is -1.64. The van der Waals surface area contributed by atoms with E-state index >= 15 is 0 Å². The van der Waals surface area contributed by atoms with Crippen molar-refractivity contribution in [3.8, 4) is 0 Å².